The van der Waals surface area contributed by atoms with Crippen LogP contribution in [0.2, 0.25) is 0 Å². The number of Topliss-reactive ketones (excluding diaryl/α,β-unsaturated/α-hetero) is 1. The van der Waals surface area contributed by atoms with Crippen LogP contribution in [0.25, 0.3) is 0 Å². The highest BCUT2D eigenvalue weighted by Crippen LogP contribution is 2.18. The van der Waals surface area contributed by atoms with Crippen molar-refractivity contribution in [2.45, 2.75) is 13.0 Å². The smallest absolute Gasteiger partial charge is 0.374 e. The summed E-state index contributed by atoms with van der Waals surface area (Å²) in [5.74, 6) is -0.510. The van der Waals surface area contributed by atoms with E-state index >= 15 is 0 Å². The first-order valence-corrected chi connectivity index (χ1v) is 11.3. The lowest BCUT2D eigenvalue weighted by atomic mass is 10.3. The Morgan fingerprint density at radius 3 is 2.83 bits per heavy atom. The van der Waals surface area contributed by atoms with E-state index < -0.39 is 22.6 Å². The molecule has 0 fully saturated rings. The number of rotatable bonds is 10. The van der Waals surface area contributed by atoms with Crippen LogP contribution >= 0.6 is 11.3 Å². The lowest BCUT2D eigenvalue weighted by Gasteiger charge is -2.02. The highest BCUT2D eigenvalue weighted by atomic mass is 32.2. The molecule has 9 nitrogen and oxygen atoms in total. The van der Waals surface area contributed by atoms with Crippen molar-refractivity contribution in [3.8, 4) is 0 Å². The van der Waals surface area contributed by atoms with Crippen molar-refractivity contribution in [2.24, 2.45) is 0 Å². The molecule has 0 saturated carbocycles. The fourth-order valence-electron chi connectivity index (χ4n) is 2.42. The average Bonchev–Trinajstić information content (AvgIpc) is 3.40. The molecule has 29 heavy (non-hydrogen) atoms. The molecule has 11 heteroatoms. The zero-order chi connectivity index (χ0) is 20.9. The Hall–Kier alpha value is -2.76. The van der Waals surface area contributed by atoms with Gasteiger partial charge < -0.3 is 9.15 Å². The van der Waals surface area contributed by atoms with Crippen LogP contribution < -0.4 is 4.72 Å². The molecule has 3 aromatic rings. The predicted octanol–water partition coefficient (Wildman–Crippen LogP) is 1.72. The summed E-state index contributed by atoms with van der Waals surface area (Å²) in [5, 5.41) is 4.05. The second-order valence-electron chi connectivity index (χ2n) is 6.15. The SMILES string of the molecule is CS(=O)(=O)NCCc1ccc(C(=O)COC(=O)c2ccc(Cn3cccn3)o2)s1. The van der Waals surface area contributed by atoms with E-state index in [1.54, 1.807) is 41.3 Å². The summed E-state index contributed by atoms with van der Waals surface area (Å²) in [5.41, 5.74) is 0. The van der Waals surface area contributed by atoms with Gasteiger partial charge >= 0.3 is 5.97 Å². The Bertz CT molecular complexity index is 1080. The van der Waals surface area contributed by atoms with Crippen molar-refractivity contribution in [1.82, 2.24) is 14.5 Å². The molecule has 0 spiro atoms. The number of nitrogens with zero attached hydrogens (tertiary/aromatic N) is 2. The van der Waals surface area contributed by atoms with Crippen molar-refractivity contribution in [2.75, 3.05) is 19.4 Å². The number of hydrogen-bond acceptors (Lipinski definition) is 8. The van der Waals surface area contributed by atoms with Crippen LogP contribution in [0.5, 0.6) is 0 Å². The number of furan rings is 1. The molecule has 0 radical (unpaired) electrons. The van der Waals surface area contributed by atoms with E-state index in [9.17, 15) is 18.0 Å². The molecule has 0 atom stereocenters. The van der Waals surface area contributed by atoms with Gasteiger partial charge in [0, 0.05) is 23.8 Å². The van der Waals surface area contributed by atoms with E-state index in [0.717, 1.165) is 11.1 Å². The second-order valence-corrected chi connectivity index (χ2v) is 9.15. The molecule has 0 aliphatic carbocycles. The predicted molar refractivity (Wildman–Crippen MR) is 106 cm³/mol. The van der Waals surface area contributed by atoms with E-state index in [1.807, 2.05) is 0 Å². The standard InChI is InChI=1S/C18H19N3O6S2/c1-29(24,25)20-9-7-14-4-6-17(28-14)15(22)12-26-18(23)16-5-3-13(27-16)11-21-10-2-8-19-21/h2-6,8,10,20H,7,9,11-12H2,1H3. The normalized spacial score (nSPS) is 11.5. The summed E-state index contributed by atoms with van der Waals surface area (Å²) in [6.07, 6.45) is 4.97. The van der Waals surface area contributed by atoms with Crippen molar-refractivity contribution in [3.05, 3.63) is 64.0 Å². The molecule has 0 unspecified atom stereocenters. The largest absolute Gasteiger partial charge is 0.452 e. The van der Waals surface area contributed by atoms with Gasteiger partial charge in [-0.25, -0.2) is 17.9 Å². The van der Waals surface area contributed by atoms with Gasteiger partial charge in [-0.15, -0.1) is 11.3 Å². The minimum atomic E-state index is -3.24. The summed E-state index contributed by atoms with van der Waals surface area (Å²) in [6, 6.07) is 8.30. The van der Waals surface area contributed by atoms with Gasteiger partial charge in [0.2, 0.25) is 21.6 Å². The summed E-state index contributed by atoms with van der Waals surface area (Å²) in [6.45, 7) is 0.224. The van der Waals surface area contributed by atoms with E-state index in [2.05, 4.69) is 9.82 Å². The van der Waals surface area contributed by atoms with Crippen molar-refractivity contribution < 1.29 is 27.2 Å². The number of esters is 1. The van der Waals surface area contributed by atoms with Gasteiger partial charge in [0.05, 0.1) is 17.7 Å². The summed E-state index contributed by atoms with van der Waals surface area (Å²) in [7, 11) is -3.24. The van der Waals surface area contributed by atoms with E-state index in [1.165, 1.54) is 17.4 Å². The molecular weight excluding hydrogens is 418 g/mol. The van der Waals surface area contributed by atoms with Crippen LogP contribution in [0.1, 0.15) is 30.9 Å². The first-order valence-electron chi connectivity index (χ1n) is 8.60. The molecular formula is C18H19N3O6S2. The van der Waals surface area contributed by atoms with Crippen LogP contribution in [0, 0.1) is 0 Å². The number of thiophene rings is 1. The summed E-state index contributed by atoms with van der Waals surface area (Å²) >= 11 is 1.24. The average molecular weight is 437 g/mol. The van der Waals surface area contributed by atoms with Crippen molar-refractivity contribution in [3.63, 3.8) is 0 Å². The highest BCUT2D eigenvalue weighted by molar-refractivity contribution is 7.88. The van der Waals surface area contributed by atoms with Crippen LogP contribution in [-0.2, 0) is 27.7 Å². The van der Waals surface area contributed by atoms with Crippen LogP contribution in [0.4, 0.5) is 0 Å². The van der Waals surface area contributed by atoms with Gasteiger partial charge in [-0.2, -0.15) is 5.10 Å². The van der Waals surface area contributed by atoms with Crippen LogP contribution in [-0.4, -0.2) is 49.4 Å². The van der Waals surface area contributed by atoms with Gasteiger partial charge in [0.15, 0.2) is 6.61 Å². The number of sulfonamides is 1. The second kappa shape index (κ2) is 9.16. The maximum absolute atomic E-state index is 12.2. The minimum Gasteiger partial charge on any atom is -0.452 e. The number of ether oxygens (including phenoxy) is 1. The molecule has 154 valence electrons. The molecule has 3 rings (SSSR count). The van der Waals surface area contributed by atoms with Crippen molar-refractivity contribution in [1.29, 1.82) is 0 Å². The monoisotopic (exact) mass is 437 g/mol. The van der Waals surface area contributed by atoms with Crippen LogP contribution in [0.3, 0.4) is 0 Å². The van der Waals surface area contributed by atoms with E-state index in [0.29, 0.717) is 23.6 Å². The Kier molecular flexibility index (Phi) is 6.62. The summed E-state index contributed by atoms with van der Waals surface area (Å²) in [4.78, 5) is 25.6. The third-order valence-electron chi connectivity index (χ3n) is 3.75. The summed E-state index contributed by atoms with van der Waals surface area (Å²) < 4.78 is 36.6. The maximum atomic E-state index is 12.2. The van der Waals surface area contributed by atoms with E-state index in [4.69, 9.17) is 9.15 Å². The molecule has 0 saturated heterocycles. The quantitative estimate of drug-likeness (QED) is 0.379. The zero-order valence-corrected chi connectivity index (χ0v) is 17.2. The van der Waals surface area contributed by atoms with Gasteiger partial charge in [-0.05, 0) is 36.8 Å². The molecule has 0 aliphatic heterocycles. The molecule has 3 aromatic heterocycles. The Morgan fingerprint density at radius 2 is 2.10 bits per heavy atom. The number of aromatic nitrogens is 2. The van der Waals surface area contributed by atoms with Gasteiger partial charge in [0.25, 0.3) is 0 Å². The Morgan fingerprint density at radius 1 is 1.28 bits per heavy atom. The Balaban J connectivity index is 1.48. The molecule has 0 amide bonds. The lowest BCUT2D eigenvalue weighted by molar-refractivity contribution is 0.0443. The number of ketones is 1. The van der Waals surface area contributed by atoms with E-state index in [-0.39, 0.29) is 18.1 Å². The number of carbonyl (C=O) groups excluding carboxylic acids is 2. The fourth-order valence-corrected chi connectivity index (χ4v) is 3.83. The molecule has 1 N–H and O–H groups in total. The van der Waals surface area contributed by atoms with Gasteiger partial charge in [-0.1, -0.05) is 0 Å². The van der Waals surface area contributed by atoms with Crippen LogP contribution in [0.15, 0.2) is 47.1 Å². The topological polar surface area (TPSA) is 120 Å². The van der Waals surface area contributed by atoms with Gasteiger partial charge in [-0.3, -0.25) is 9.48 Å². The minimum absolute atomic E-state index is 0.0127. The molecule has 0 bridgehead atoms. The fraction of sp³-hybridized carbons (Fsp3) is 0.278. The highest BCUT2D eigenvalue weighted by Gasteiger charge is 2.17. The lowest BCUT2D eigenvalue weighted by Crippen LogP contribution is -2.24. The molecule has 3 heterocycles. The number of nitrogens with one attached hydrogen (secondary N) is 1. The third kappa shape index (κ3) is 6.38. The first-order chi connectivity index (χ1) is 13.8. The zero-order valence-electron chi connectivity index (χ0n) is 15.5. The number of hydrogen-bond donors (Lipinski definition) is 1. The first kappa shape index (κ1) is 21.0. The third-order valence-corrected chi connectivity index (χ3v) is 5.66. The Labute approximate surface area is 171 Å². The number of carbonyl (C=O) groups is 2. The van der Waals surface area contributed by atoms with Gasteiger partial charge in [0.1, 0.15) is 5.76 Å². The maximum Gasteiger partial charge on any atom is 0.374 e. The van der Waals surface area contributed by atoms with Crippen molar-refractivity contribution >= 4 is 33.1 Å². The molecule has 0 aromatic carbocycles. The molecule has 0 aliphatic rings.